The van der Waals surface area contributed by atoms with Gasteiger partial charge in [-0.2, -0.15) is 0 Å². The van der Waals surface area contributed by atoms with E-state index in [1.807, 2.05) is 37.3 Å². The Hall–Kier alpha value is -4.19. The molecule has 1 aromatic heterocycles. The fourth-order valence-corrected chi connectivity index (χ4v) is 4.48. The number of carbonyl (C=O) groups excluding carboxylic acids is 3. The molecule has 0 fully saturated rings. The molecule has 6 nitrogen and oxygen atoms in total. The van der Waals surface area contributed by atoms with Crippen molar-refractivity contribution in [3.63, 3.8) is 0 Å². The van der Waals surface area contributed by atoms with Crippen LogP contribution in [0.25, 0.3) is 33.4 Å². The van der Waals surface area contributed by atoms with E-state index in [0.29, 0.717) is 46.1 Å². The van der Waals surface area contributed by atoms with E-state index in [-0.39, 0.29) is 6.61 Å². The lowest BCUT2D eigenvalue weighted by Crippen LogP contribution is -2.21. The van der Waals surface area contributed by atoms with Gasteiger partial charge in [0.2, 0.25) is 11.6 Å². The van der Waals surface area contributed by atoms with Gasteiger partial charge in [-0.05, 0) is 67.4 Å². The number of hydrogen-bond donors (Lipinski definition) is 0. The van der Waals surface area contributed by atoms with Gasteiger partial charge in [0.15, 0.2) is 6.61 Å². The summed E-state index contributed by atoms with van der Waals surface area (Å²) in [6.45, 7) is 5.61. The summed E-state index contributed by atoms with van der Waals surface area (Å²) < 4.78 is 16.5. The lowest BCUT2D eigenvalue weighted by molar-refractivity contribution is -0.145. The smallest absolute Gasteiger partial charge is 0.344 e. The average molecular weight is 454 g/mol. The Morgan fingerprint density at radius 3 is 2.32 bits per heavy atom. The second kappa shape index (κ2) is 8.30. The first-order valence-corrected chi connectivity index (χ1v) is 11.0. The second-order valence-electron chi connectivity index (χ2n) is 8.19. The molecule has 34 heavy (non-hydrogen) atoms. The van der Waals surface area contributed by atoms with Gasteiger partial charge in [0.25, 0.3) is 0 Å². The maximum atomic E-state index is 13.2. The molecule has 0 amide bonds. The fourth-order valence-electron chi connectivity index (χ4n) is 4.48. The van der Waals surface area contributed by atoms with Gasteiger partial charge < -0.3 is 13.9 Å². The molecule has 0 unspecified atom stereocenters. The third-order valence-corrected chi connectivity index (χ3v) is 6.11. The highest BCUT2D eigenvalue weighted by Gasteiger charge is 2.37. The van der Waals surface area contributed by atoms with Crippen LogP contribution in [0, 0.1) is 13.8 Å². The van der Waals surface area contributed by atoms with E-state index >= 15 is 0 Å². The molecule has 0 atom stereocenters. The van der Waals surface area contributed by atoms with Gasteiger partial charge >= 0.3 is 5.97 Å². The monoisotopic (exact) mass is 454 g/mol. The second-order valence-corrected chi connectivity index (χ2v) is 8.19. The fraction of sp³-hybridized carbons (Fsp3) is 0.179. The van der Waals surface area contributed by atoms with Crippen LogP contribution in [0.1, 0.15) is 38.8 Å². The molecule has 0 N–H and O–H groups in total. The van der Waals surface area contributed by atoms with E-state index in [1.54, 1.807) is 38.1 Å². The minimum atomic E-state index is -0.557. The number of esters is 1. The van der Waals surface area contributed by atoms with Gasteiger partial charge in [-0.25, -0.2) is 4.79 Å². The van der Waals surface area contributed by atoms with Crippen LogP contribution in [0.3, 0.4) is 0 Å². The maximum absolute atomic E-state index is 13.2. The molecule has 1 aliphatic carbocycles. The minimum absolute atomic E-state index is 0.178. The van der Waals surface area contributed by atoms with E-state index in [1.165, 1.54) is 0 Å². The summed E-state index contributed by atoms with van der Waals surface area (Å²) in [6.07, 6.45) is 0. The highest BCUT2D eigenvalue weighted by atomic mass is 16.6. The highest BCUT2D eigenvalue weighted by Crippen LogP contribution is 2.44. The summed E-state index contributed by atoms with van der Waals surface area (Å²) >= 11 is 0. The van der Waals surface area contributed by atoms with Gasteiger partial charge in [-0.1, -0.05) is 24.3 Å². The lowest BCUT2D eigenvalue weighted by atomic mass is 9.83. The van der Waals surface area contributed by atoms with Gasteiger partial charge in [0.05, 0.1) is 12.2 Å². The largest absolute Gasteiger partial charge is 0.482 e. The molecule has 0 bridgehead atoms. The Morgan fingerprint density at radius 1 is 0.853 bits per heavy atom. The number of hydrogen-bond acceptors (Lipinski definition) is 6. The van der Waals surface area contributed by atoms with Crippen molar-refractivity contribution >= 4 is 28.3 Å². The third kappa shape index (κ3) is 3.39. The van der Waals surface area contributed by atoms with Crippen molar-refractivity contribution in [2.75, 3.05) is 13.2 Å². The van der Waals surface area contributed by atoms with Crippen molar-refractivity contribution in [1.29, 1.82) is 0 Å². The zero-order valence-corrected chi connectivity index (χ0v) is 19.1. The average Bonchev–Trinajstić information content (AvgIpc) is 3.18. The summed E-state index contributed by atoms with van der Waals surface area (Å²) in [6, 6.07) is 16.5. The summed E-state index contributed by atoms with van der Waals surface area (Å²) in [5.74, 6) is -0.0800. The number of aryl methyl sites for hydroxylation is 1. The quantitative estimate of drug-likeness (QED) is 0.284. The number of ether oxygens (including phenoxy) is 2. The van der Waals surface area contributed by atoms with Gasteiger partial charge in [0, 0.05) is 22.3 Å². The third-order valence-electron chi connectivity index (χ3n) is 6.11. The number of furan rings is 1. The number of ketones is 2. The Labute approximate surface area is 196 Å². The van der Waals surface area contributed by atoms with Crippen LogP contribution in [0.15, 0.2) is 59.0 Å². The van der Waals surface area contributed by atoms with Crippen LogP contribution in [-0.4, -0.2) is 30.7 Å². The normalized spacial score (nSPS) is 12.4. The lowest BCUT2D eigenvalue weighted by Gasteiger charge is -2.16. The SMILES string of the molecule is CCOC(=O)COc1ccc(-c2oc3c(c2C)C(=O)C(=O)c2c-3ccc3c(C)cccc23)cc1. The number of Topliss-reactive ketones (excluding diaryl/α,β-unsaturated/α-hetero) is 2. The Bertz CT molecular complexity index is 1470. The van der Waals surface area contributed by atoms with Crippen molar-refractivity contribution in [1.82, 2.24) is 0 Å². The summed E-state index contributed by atoms with van der Waals surface area (Å²) in [4.78, 5) is 37.8. The first-order valence-electron chi connectivity index (χ1n) is 11.0. The van der Waals surface area contributed by atoms with Crippen molar-refractivity contribution in [3.05, 3.63) is 76.9 Å². The molecular formula is C28H22O6. The number of fused-ring (bicyclic) bond motifs is 5. The predicted octanol–water partition coefficient (Wildman–Crippen LogP) is 5.70. The Balaban J connectivity index is 1.56. The first kappa shape index (κ1) is 21.6. The van der Waals surface area contributed by atoms with Crippen LogP contribution in [0.5, 0.6) is 5.75 Å². The number of rotatable bonds is 5. The topological polar surface area (TPSA) is 82.8 Å². The molecule has 0 spiro atoms. The van der Waals surface area contributed by atoms with Crippen LogP contribution in [0.4, 0.5) is 0 Å². The van der Waals surface area contributed by atoms with Crippen molar-refractivity contribution < 1.29 is 28.3 Å². The molecule has 0 saturated carbocycles. The maximum Gasteiger partial charge on any atom is 0.344 e. The van der Waals surface area contributed by atoms with Gasteiger partial charge in [0.1, 0.15) is 17.3 Å². The van der Waals surface area contributed by atoms with Crippen LogP contribution in [0.2, 0.25) is 0 Å². The highest BCUT2D eigenvalue weighted by molar-refractivity contribution is 6.54. The van der Waals surface area contributed by atoms with Crippen LogP contribution in [-0.2, 0) is 9.53 Å². The molecule has 0 saturated heterocycles. The van der Waals surface area contributed by atoms with E-state index in [0.717, 1.165) is 21.9 Å². The number of benzene rings is 3. The molecule has 4 aromatic rings. The van der Waals surface area contributed by atoms with Crippen LogP contribution < -0.4 is 4.74 Å². The zero-order valence-electron chi connectivity index (χ0n) is 19.1. The molecule has 1 heterocycles. The minimum Gasteiger partial charge on any atom is -0.482 e. The molecule has 0 aliphatic heterocycles. The summed E-state index contributed by atoms with van der Waals surface area (Å²) in [5, 5.41) is 1.69. The number of carbonyl (C=O) groups is 3. The Kier molecular flexibility index (Phi) is 5.28. The summed E-state index contributed by atoms with van der Waals surface area (Å²) in [5.41, 5.74) is 3.70. The van der Waals surface area contributed by atoms with Crippen molar-refractivity contribution in [2.24, 2.45) is 0 Å². The summed E-state index contributed by atoms with van der Waals surface area (Å²) in [7, 11) is 0. The van der Waals surface area contributed by atoms with Crippen molar-refractivity contribution in [3.8, 4) is 28.4 Å². The molecule has 6 heteroatoms. The van der Waals surface area contributed by atoms with Crippen molar-refractivity contribution in [2.45, 2.75) is 20.8 Å². The Morgan fingerprint density at radius 2 is 1.59 bits per heavy atom. The van der Waals surface area contributed by atoms with E-state index in [9.17, 15) is 14.4 Å². The van der Waals surface area contributed by atoms with E-state index in [2.05, 4.69) is 0 Å². The van der Waals surface area contributed by atoms with E-state index in [4.69, 9.17) is 13.9 Å². The van der Waals surface area contributed by atoms with Gasteiger partial charge in [-0.15, -0.1) is 0 Å². The molecule has 5 rings (SSSR count). The van der Waals surface area contributed by atoms with Gasteiger partial charge in [-0.3, -0.25) is 9.59 Å². The molecule has 1 aliphatic rings. The molecule has 170 valence electrons. The predicted molar refractivity (Wildman–Crippen MR) is 127 cm³/mol. The molecule has 3 aromatic carbocycles. The molecule has 0 radical (unpaired) electrons. The zero-order chi connectivity index (χ0) is 24.0. The molecular weight excluding hydrogens is 432 g/mol. The van der Waals surface area contributed by atoms with Crippen LogP contribution >= 0.6 is 0 Å². The van der Waals surface area contributed by atoms with E-state index < -0.39 is 17.5 Å². The first-order chi connectivity index (χ1) is 16.4. The standard InChI is InChI=1S/C28H22O6/c1-4-32-22(29)14-33-18-10-8-17(9-11-18)27-16(3)23-25(30)26(31)24-20-7-5-6-15(2)19(20)12-13-21(24)28(23)34-27/h5-13H,4,14H2,1-3H3.